The quantitative estimate of drug-likeness (QED) is 0.611. The van der Waals surface area contributed by atoms with Gasteiger partial charge in [0.2, 0.25) is 0 Å². The topological polar surface area (TPSA) is 34.9 Å². The van der Waals surface area contributed by atoms with Gasteiger partial charge in [-0.15, -0.1) is 4.79 Å². The highest BCUT2D eigenvalue weighted by Crippen LogP contribution is 2.06. The highest BCUT2D eigenvalue weighted by Gasteiger charge is 2.05. The van der Waals surface area contributed by atoms with Gasteiger partial charge in [0.05, 0.1) is 10.9 Å². The van der Waals surface area contributed by atoms with Crippen LogP contribution >= 0.6 is 0 Å². The van der Waals surface area contributed by atoms with Crippen LogP contribution in [-0.2, 0) is 0 Å². The largest absolute Gasteiger partial charge is 0.289 e. The van der Waals surface area contributed by atoms with Crippen LogP contribution in [0.15, 0.2) is 29.1 Å². The maximum atomic E-state index is 13.0. The molecule has 0 saturated heterocycles. The van der Waals surface area contributed by atoms with Gasteiger partial charge in [0.1, 0.15) is 5.82 Å². The van der Waals surface area contributed by atoms with Crippen molar-refractivity contribution in [3.05, 3.63) is 40.4 Å². The molecule has 0 fully saturated rings. The molecule has 0 aliphatic carbocycles. The second-order valence-corrected chi connectivity index (χ2v) is 2.76. The van der Waals surface area contributed by atoms with Crippen LogP contribution in [0.3, 0.4) is 0 Å². The van der Waals surface area contributed by atoms with E-state index in [1.165, 1.54) is 6.92 Å². The number of rotatable bonds is 0. The fraction of sp³-hybridized carbons (Fsp3) is 0.111. The zero-order valence-electron chi connectivity index (χ0n) is 6.99. The van der Waals surface area contributed by atoms with Crippen LogP contribution in [-0.4, -0.2) is 9.77 Å². The highest BCUT2D eigenvalue weighted by molar-refractivity contribution is 5.77. The fourth-order valence-electron chi connectivity index (χ4n) is 1.22. The van der Waals surface area contributed by atoms with Crippen molar-refractivity contribution in [2.24, 2.45) is 0 Å². The normalized spacial score (nSPS) is 10.6. The van der Waals surface area contributed by atoms with Crippen LogP contribution in [0.4, 0.5) is 4.48 Å². The van der Waals surface area contributed by atoms with E-state index in [0.717, 1.165) is 0 Å². The van der Waals surface area contributed by atoms with E-state index in [9.17, 15) is 9.28 Å². The molecule has 0 aliphatic rings. The van der Waals surface area contributed by atoms with E-state index >= 15 is 0 Å². The summed E-state index contributed by atoms with van der Waals surface area (Å²) in [6.07, 6.45) is 0. The summed E-state index contributed by atoms with van der Waals surface area (Å²) in [7, 11) is 0. The van der Waals surface area contributed by atoms with Gasteiger partial charge in [-0.2, -0.15) is 0 Å². The Kier molecular flexibility index (Phi) is 1.62. The number of fused-ring (bicyclic) bond motifs is 1. The molecule has 0 aliphatic heterocycles. The van der Waals surface area contributed by atoms with E-state index in [1.807, 2.05) is 0 Å². The van der Waals surface area contributed by atoms with Crippen LogP contribution in [0.25, 0.3) is 10.9 Å². The third-order valence-corrected chi connectivity index (χ3v) is 1.88. The van der Waals surface area contributed by atoms with Crippen LogP contribution in [0.1, 0.15) is 5.82 Å². The van der Waals surface area contributed by atoms with Crippen molar-refractivity contribution in [2.75, 3.05) is 0 Å². The van der Waals surface area contributed by atoms with Crippen molar-refractivity contribution >= 4 is 10.9 Å². The van der Waals surface area contributed by atoms with Crippen molar-refractivity contribution in [2.45, 2.75) is 6.92 Å². The number of aryl methyl sites for hydroxylation is 1. The third kappa shape index (κ3) is 1.11. The molecule has 2 aromatic rings. The predicted octanol–water partition coefficient (Wildman–Crippen LogP) is 1.44. The smallest absolute Gasteiger partial charge is 0.266 e. The van der Waals surface area contributed by atoms with E-state index < -0.39 is 5.56 Å². The first kappa shape index (κ1) is 7.91. The summed E-state index contributed by atoms with van der Waals surface area (Å²) in [4.78, 5) is 15.3. The lowest BCUT2D eigenvalue weighted by Gasteiger charge is -1.99. The monoisotopic (exact) mass is 178 g/mol. The molecular formula is C9H7FN2O. The Morgan fingerprint density at radius 1 is 1.38 bits per heavy atom. The first-order chi connectivity index (χ1) is 6.20. The minimum absolute atomic E-state index is 0.0579. The Morgan fingerprint density at radius 2 is 2.08 bits per heavy atom. The SMILES string of the molecule is Cc1nc2ccccc2c(=O)n1F. The van der Waals surface area contributed by atoms with Gasteiger partial charge in [-0.3, -0.25) is 4.79 Å². The second-order valence-electron chi connectivity index (χ2n) is 2.76. The zero-order chi connectivity index (χ0) is 9.42. The number of aromatic nitrogens is 2. The lowest BCUT2D eigenvalue weighted by atomic mass is 10.2. The number of halogens is 1. The Bertz CT molecular complexity index is 518. The molecule has 1 aromatic carbocycles. The summed E-state index contributed by atoms with van der Waals surface area (Å²) in [5.74, 6) is 0.0729. The molecule has 0 amide bonds. The van der Waals surface area contributed by atoms with Gasteiger partial charge >= 0.3 is 0 Å². The molecule has 0 radical (unpaired) electrons. The molecule has 66 valence electrons. The molecule has 0 spiro atoms. The number of hydrogen-bond donors (Lipinski definition) is 0. The molecule has 13 heavy (non-hydrogen) atoms. The van der Waals surface area contributed by atoms with Gasteiger partial charge in [0, 0.05) is 0 Å². The van der Waals surface area contributed by atoms with Crippen LogP contribution in [0, 0.1) is 6.92 Å². The molecule has 2 rings (SSSR count). The molecule has 0 unspecified atom stereocenters. The number of nitrogens with zero attached hydrogens (tertiary/aromatic N) is 2. The molecule has 1 heterocycles. The van der Waals surface area contributed by atoms with Crippen LogP contribution < -0.4 is 5.56 Å². The minimum Gasteiger partial charge on any atom is -0.266 e. The Morgan fingerprint density at radius 3 is 2.85 bits per heavy atom. The predicted molar refractivity (Wildman–Crippen MR) is 47.2 cm³/mol. The highest BCUT2D eigenvalue weighted by atomic mass is 19.2. The summed E-state index contributed by atoms with van der Waals surface area (Å²) in [5, 5.41) is 0.301. The van der Waals surface area contributed by atoms with Gasteiger partial charge in [0.15, 0.2) is 0 Å². The van der Waals surface area contributed by atoms with Gasteiger partial charge in [-0.25, -0.2) is 4.98 Å². The van der Waals surface area contributed by atoms with Crippen molar-refractivity contribution in [1.29, 1.82) is 0 Å². The lowest BCUT2D eigenvalue weighted by Crippen LogP contribution is -2.17. The Labute approximate surface area is 73.4 Å². The molecular weight excluding hydrogens is 171 g/mol. The van der Waals surface area contributed by atoms with E-state index in [0.29, 0.717) is 10.9 Å². The third-order valence-electron chi connectivity index (χ3n) is 1.88. The number of hydrogen-bond acceptors (Lipinski definition) is 2. The average Bonchev–Trinajstić information content (AvgIpc) is 2.15. The Balaban J connectivity index is 3.03. The first-order valence-corrected chi connectivity index (χ1v) is 3.84. The van der Waals surface area contributed by atoms with Crippen molar-refractivity contribution in [3.63, 3.8) is 0 Å². The zero-order valence-corrected chi connectivity index (χ0v) is 6.99. The summed E-state index contributed by atoms with van der Waals surface area (Å²) < 4.78 is 13.0. The van der Waals surface area contributed by atoms with Crippen molar-refractivity contribution in [1.82, 2.24) is 9.77 Å². The van der Waals surface area contributed by atoms with Crippen LogP contribution in [0.2, 0.25) is 0 Å². The molecule has 0 N–H and O–H groups in total. The van der Waals surface area contributed by atoms with Crippen molar-refractivity contribution < 1.29 is 4.48 Å². The van der Waals surface area contributed by atoms with Gasteiger partial charge < -0.3 is 0 Å². The van der Waals surface area contributed by atoms with Crippen molar-refractivity contribution in [3.8, 4) is 0 Å². The maximum absolute atomic E-state index is 13.0. The number of benzene rings is 1. The fourth-order valence-corrected chi connectivity index (χ4v) is 1.22. The summed E-state index contributed by atoms with van der Waals surface area (Å²) in [6.45, 7) is 1.45. The summed E-state index contributed by atoms with van der Waals surface area (Å²) in [6, 6.07) is 6.68. The number of para-hydroxylation sites is 1. The van der Waals surface area contributed by atoms with Crippen LogP contribution in [0.5, 0.6) is 0 Å². The van der Waals surface area contributed by atoms with Gasteiger partial charge in [0.25, 0.3) is 5.56 Å². The summed E-state index contributed by atoms with van der Waals surface area (Å²) in [5.41, 5.74) is -0.123. The standard InChI is InChI=1S/C9H7FN2O/c1-6-11-8-5-3-2-4-7(8)9(13)12(6)10/h2-5H,1H3. The Hall–Kier alpha value is -1.71. The average molecular weight is 178 g/mol. The molecule has 0 bridgehead atoms. The second kappa shape index (κ2) is 2.65. The molecule has 3 nitrogen and oxygen atoms in total. The minimum atomic E-state index is -0.650. The van der Waals surface area contributed by atoms with Gasteiger partial charge in [-0.1, -0.05) is 16.6 Å². The molecule has 0 atom stereocenters. The molecule has 4 heteroatoms. The van der Waals surface area contributed by atoms with Gasteiger partial charge in [-0.05, 0) is 19.1 Å². The first-order valence-electron chi connectivity index (χ1n) is 3.84. The molecule has 0 saturated carbocycles. The summed E-state index contributed by atoms with van der Waals surface area (Å²) >= 11 is 0. The maximum Gasteiger partial charge on any atom is 0.289 e. The molecule has 1 aromatic heterocycles. The van der Waals surface area contributed by atoms with E-state index in [-0.39, 0.29) is 10.6 Å². The van der Waals surface area contributed by atoms with E-state index in [2.05, 4.69) is 4.98 Å². The van der Waals surface area contributed by atoms with E-state index in [1.54, 1.807) is 24.3 Å². The lowest BCUT2D eigenvalue weighted by molar-refractivity contribution is 0.338. The van der Waals surface area contributed by atoms with E-state index in [4.69, 9.17) is 0 Å².